The number of benzene rings is 1. The molecule has 0 spiro atoms. The standard InChI is InChI=1S/C13H13F3N2/c1-17-12(11-6-3-7-18-11)9-4-2-5-10(8-9)13(14,15)16/h2-8,12,17-18H,1H3. The number of hydrogen-bond donors (Lipinski definition) is 2. The Bertz CT molecular complexity index is 503. The average molecular weight is 254 g/mol. The molecule has 5 heteroatoms. The van der Waals surface area contributed by atoms with E-state index in [0.717, 1.165) is 11.8 Å². The molecule has 0 saturated carbocycles. The third kappa shape index (κ3) is 2.56. The SMILES string of the molecule is CNC(c1cccc(C(F)(F)F)c1)c1ccc[nH]1. The van der Waals surface area contributed by atoms with E-state index in [9.17, 15) is 13.2 Å². The normalized spacial score (nSPS) is 13.6. The Hall–Kier alpha value is -1.75. The number of halogens is 3. The van der Waals surface area contributed by atoms with Gasteiger partial charge in [-0.25, -0.2) is 0 Å². The van der Waals surface area contributed by atoms with Gasteiger partial charge in [-0.15, -0.1) is 0 Å². The Labute approximate surface area is 103 Å². The van der Waals surface area contributed by atoms with Gasteiger partial charge in [0.25, 0.3) is 0 Å². The summed E-state index contributed by atoms with van der Waals surface area (Å²) in [6.45, 7) is 0. The largest absolute Gasteiger partial charge is 0.416 e. The van der Waals surface area contributed by atoms with Crippen LogP contribution in [0, 0.1) is 0 Å². The van der Waals surface area contributed by atoms with Crippen LogP contribution in [0.25, 0.3) is 0 Å². The highest BCUT2D eigenvalue weighted by atomic mass is 19.4. The molecule has 1 aromatic carbocycles. The molecule has 2 aromatic rings. The van der Waals surface area contributed by atoms with E-state index in [1.807, 2.05) is 12.1 Å². The second kappa shape index (κ2) is 4.86. The summed E-state index contributed by atoms with van der Waals surface area (Å²) in [4.78, 5) is 3.00. The van der Waals surface area contributed by atoms with Crippen molar-refractivity contribution in [2.24, 2.45) is 0 Å². The Morgan fingerprint density at radius 2 is 1.94 bits per heavy atom. The second-order valence-corrected chi connectivity index (χ2v) is 3.97. The summed E-state index contributed by atoms with van der Waals surface area (Å²) in [5.74, 6) is 0. The van der Waals surface area contributed by atoms with Gasteiger partial charge in [-0.3, -0.25) is 0 Å². The molecule has 1 unspecified atom stereocenters. The lowest BCUT2D eigenvalue weighted by atomic mass is 10.0. The summed E-state index contributed by atoms with van der Waals surface area (Å²) in [6.07, 6.45) is -2.57. The number of aromatic nitrogens is 1. The van der Waals surface area contributed by atoms with E-state index in [4.69, 9.17) is 0 Å². The van der Waals surface area contributed by atoms with Crippen LogP contribution in [0.5, 0.6) is 0 Å². The molecule has 2 N–H and O–H groups in total. The van der Waals surface area contributed by atoms with Crippen LogP contribution in [-0.4, -0.2) is 12.0 Å². The molecule has 0 saturated heterocycles. The lowest BCUT2D eigenvalue weighted by molar-refractivity contribution is -0.137. The van der Waals surface area contributed by atoms with Gasteiger partial charge in [-0.05, 0) is 36.9 Å². The number of H-pyrrole nitrogens is 1. The zero-order valence-corrected chi connectivity index (χ0v) is 9.75. The van der Waals surface area contributed by atoms with Crippen LogP contribution in [0.1, 0.15) is 22.9 Å². The van der Waals surface area contributed by atoms with Crippen LogP contribution < -0.4 is 5.32 Å². The van der Waals surface area contributed by atoms with Gasteiger partial charge < -0.3 is 10.3 Å². The first-order chi connectivity index (χ1) is 8.52. The zero-order chi connectivity index (χ0) is 13.2. The summed E-state index contributed by atoms with van der Waals surface area (Å²) in [6, 6.07) is 8.71. The van der Waals surface area contributed by atoms with Gasteiger partial charge in [0.15, 0.2) is 0 Å². The Morgan fingerprint density at radius 1 is 1.17 bits per heavy atom. The minimum atomic E-state index is -4.32. The lowest BCUT2D eigenvalue weighted by Gasteiger charge is -2.17. The molecular formula is C13H13F3N2. The highest BCUT2D eigenvalue weighted by Gasteiger charge is 2.31. The molecule has 1 heterocycles. The van der Waals surface area contributed by atoms with Gasteiger partial charge in [0.1, 0.15) is 0 Å². The predicted molar refractivity (Wildman–Crippen MR) is 63.1 cm³/mol. The maximum absolute atomic E-state index is 12.6. The minimum Gasteiger partial charge on any atom is -0.363 e. The summed E-state index contributed by atoms with van der Waals surface area (Å²) in [5, 5.41) is 3.00. The predicted octanol–water partition coefficient (Wildman–Crippen LogP) is 3.34. The first kappa shape index (κ1) is 12.7. The number of alkyl halides is 3. The third-order valence-corrected chi connectivity index (χ3v) is 2.77. The first-order valence-electron chi connectivity index (χ1n) is 5.50. The van der Waals surface area contributed by atoms with Crippen LogP contribution >= 0.6 is 0 Å². The van der Waals surface area contributed by atoms with E-state index < -0.39 is 11.7 Å². The monoisotopic (exact) mass is 254 g/mol. The van der Waals surface area contributed by atoms with Crippen LogP contribution in [-0.2, 0) is 6.18 Å². The van der Waals surface area contributed by atoms with E-state index in [1.165, 1.54) is 12.1 Å². The molecular weight excluding hydrogens is 241 g/mol. The average Bonchev–Trinajstić information content (AvgIpc) is 2.83. The second-order valence-electron chi connectivity index (χ2n) is 3.97. The number of rotatable bonds is 3. The summed E-state index contributed by atoms with van der Waals surface area (Å²) >= 11 is 0. The fourth-order valence-corrected chi connectivity index (χ4v) is 1.92. The van der Waals surface area contributed by atoms with Gasteiger partial charge in [-0.1, -0.05) is 12.1 Å². The molecule has 18 heavy (non-hydrogen) atoms. The molecule has 0 aliphatic rings. The fraction of sp³-hybridized carbons (Fsp3) is 0.231. The fourth-order valence-electron chi connectivity index (χ4n) is 1.92. The Kier molecular flexibility index (Phi) is 3.43. The van der Waals surface area contributed by atoms with E-state index in [0.29, 0.717) is 5.56 Å². The molecule has 0 fully saturated rings. The lowest BCUT2D eigenvalue weighted by Crippen LogP contribution is -2.18. The smallest absolute Gasteiger partial charge is 0.363 e. The van der Waals surface area contributed by atoms with Crippen molar-refractivity contribution in [3.05, 3.63) is 59.4 Å². The van der Waals surface area contributed by atoms with Crippen molar-refractivity contribution in [3.63, 3.8) is 0 Å². The number of hydrogen-bond acceptors (Lipinski definition) is 1. The van der Waals surface area contributed by atoms with Gasteiger partial charge in [-0.2, -0.15) is 13.2 Å². The van der Waals surface area contributed by atoms with E-state index in [2.05, 4.69) is 10.3 Å². The van der Waals surface area contributed by atoms with Crippen molar-refractivity contribution >= 4 is 0 Å². The van der Waals surface area contributed by atoms with Gasteiger partial charge in [0, 0.05) is 11.9 Å². The van der Waals surface area contributed by atoms with Crippen molar-refractivity contribution in [1.29, 1.82) is 0 Å². The van der Waals surface area contributed by atoms with Gasteiger partial charge in [0.05, 0.1) is 11.6 Å². The molecule has 0 radical (unpaired) electrons. The molecule has 0 aliphatic heterocycles. The molecule has 96 valence electrons. The summed E-state index contributed by atoms with van der Waals surface area (Å²) in [5.41, 5.74) is 0.776. The van der Waals surface area contributed by atoms with Crippen molar-refractivity contribution in [2.75, 3.05) is 7.05 Å². The van der Waals surface area contributed by atoms with E-state index >= 15 is 0 Å². The van der Waals surface area contributed by atoms with Crippen molar-refractivity contribution < 1.29 is 13.2 Å². The first-order valence-corrected chi connectivity index (χ1v) is 5.50. The van der Waals surface area contributed by atoms with Crippen LogP contribution in [0.15, 0.2) is 42.6 Å². The highest BCUT2D eigenvalue weighted by Crippen LogP contribution is 2.31. The Balaban J connectivity index is 2.38. The molecule has 0 amide bonds. The van der Waals surface area contributed by atoms with Crippen LogP contribution in [0.4, 0.5) is 13.2 Å². The third-order valence-electron chi connectivity index (χ3n) is 2.77. The quantitative estimate of drug-likeness (QED) is 0.863. The molecule has 1 atom stereocenters. The van der Waals surface area contributed by atoms with E-state index in [-0.39, 0.29) is 6.04 Å². The molecule has 2 nitrogen and oxygen atoms in total. The Morgan fingerprint density at radius 3 is 2.50 bits per heavy atom. The van der Waals surface area contributed by atoms with Crippen LogP contribution in [0.2, 0.25) is 0 Å². The molecule has 2 rings (SSSR count). The molecule has 0 aliphatic carbocycles. The molecule has 0 bridgehead atoms. The van der Waals surface area contributed by atoms with Crippen LogP contribution in [0.3, 0.4) is 0 Å². The number of aromatic amines is 1. The maximum Gasteiger partial charge on any atom is 0.416 e. The van der Waals surface area contributed by atoms with Crippen molar-refractivity contribution in [3.8, 4) is 0 Å². The summed E-state index contributed by atoms with van der Waals surface area (Å²) < 4.78 is 37.9. The zero-order valence-electron chi connectivity index (χ0n) is 9.75. The highest BCUT2D eigenvalue weighted by molar-refractivity contribution is 5.32. The minimum absolute atomic E-state index is 0.276. The van der Waals surface area contributed by atoms with Gasteiger partial charge in [0.2, 0.25) is 0 Å². The maximum atomic E-state index is 12.6. The van der Waals surface area contributed by atoms with Gasteiger partial charge >= 0.3 is 6.18 Å². The molecule has 1 aromatic heterocycles. The topological polar surface area (TPSA) is 27.8 Å². The van der Waals surface area contributed by atoms with E-state index in [1.54, 1.807) is 19.3 Å². The summed E-state index contributed by atoms with van der Waals surface area (Å²) in [7, 11) is 1.71. The number of nitrogens with one attached hydrogen (secondary N) is 2. The van der Waals surface area contributed by atoms with Crippen molar-refractivity contribution in [2.45, 2.75) is 12.2 Å². The van der Waals surface area contributed by atoms with Crippen molar-refractivity contribution in [1.82, 2.24) is 10.3 Å².